The summed E-state index contributed by atoms with van der Waals surface area (Å²) in [6, 6.07) is 8.88. The molecule has 1 rings (SSSR count). The monoisotopic (exact) mass is 193 g/mol. The van der Waals surface area contributed by atoms with E-state index < -0.39 is 6.09 Å². The van der Waals surface area contributed by atoms with Gasteiger partial charge < -0.3 is 9.57 Å². The van der Waals surface area contributed by atoms with Crippen LogP contribution in [-0.4, -0.2) is 12.7 Å². The van der Waals surface area contributed by atoms with Crippen molar-refractivity contribution in [3.05, 3.63) is 43.0 Å². The predicted molar refractivity (Wildman–Crippen MR) is 51.8 cm³/mol. The lowest BCUT2D eigenvalue weighted by atomic mass is 10.3. The fraction of sp³-hybridized carbons (Fsp3) is 0.100. The van der Waals surface area contributed by atoms with E-state index in [0.717, 1.165) is 0 Å². The number of hydrogen-bond acceptors (Lipinski definition) is 3. The zero-order valence-corrected chi connectivity index (χ0v) is 7.60. The Morgan fingerprint density at radius 1 is 1.43 bits per heavy atom. The molecule has 0 saturated carbocycles. The van der Waals surface area contributed by atoms with Gasteiger partial charge in [-0.3, -0.25) is 0 Å². The lowest BCUT2D eigenvalue weighted by Gasteiger charge is -2.05. The van der Waals surface area contributed by atoms with Crippen molar-refractivity contribution in [3.8, 4) is 5.75 Å². The van der Waals surface area contributed by atoms with Gasteiger partial charge in [0.05, 0.1) is 0 Å². The van der Waals surface area contributed by atoms with Crippen molar-refractivity contribution in [2.75, 3.05) is 6.61 Å². The summed E-state index contributed by atoms with van der Waals surface area (Å²) in [5.41, 5.74) is 2.12. The highest BCUT2D eigenvalue weighted by Crippen LogP contribution is 2.06. The van der Waals surface area contributed by atoms with Crippen molar-refractivity contribution >= 4 is 6.09 Å². The molecule has 1 amide bonds. The second-order valence-electron chi connectivity index (χ2n) is 2.40. The second-order valence-corrected chi connectivity index (χ2v) is 2.40. The average Bonchev–Trinajstić information content (AvgIpc) is 2.25. The number of rotatable bonds is 4. The van der Waals surface area contributed by atoms with Gasteiger partial charge in [0.25, 0.3) is 0 Å². The first kappa shape index (κ1) is 10.1. The summed E-state index contributed by atoms with van der Waals surface area (Å²) in [5.74, 6) is 0.544. The number of carbonyl (C=O) groups is 1. The summed E-state index contributed by atoms with van der Waals surface area (Å²) in [5, 5.41) is 0. The van der Waals surface area contributed by atoms with Gasteiger partial charge in [-0.25, -0.2) is 4.79 Å². The van der Waals surface area contributed by atoms with Crippen LogP contribution in [0.1, 0.15) is 0 Å². The largest absolute Gasteiger partial charge is 0.443 e. The normalized spacial score (nSPS) is 8.86. The van der Waals surface area contributed by atoms with Crippen molar-refractivity contribution < 1.29 is 14.4 Å². The molecule has 1 N–H and O–H groups in total. The Labute approximate surface area is 82.1 Å². The van der Waals surface area contributed by atoms with Gasteiger partial charge in [-0.15, -0.1) is 0 Å². The van der Waals surface area contributed by atoms with Crippen LogP contribution >= 0.6 is 0 Å². The Morgan fingerprint density at radius 3 is 2.79 bits per heavy atom. The Kier molecular flexibility index (Phi) is 4.07. The van der Waals surface area contributed by atoms with Gasteiger partial charge >= 0.3 is 6.09 Å². The molecule has 0 heterocycles. The molecule has 0 saturated heterocycles. The molecule has 0 unspecified atom stereocenters. The Balaban J connectivity index is 2.27. The van der Waals surface area contributed by atoms with Crippen molar-refractivity contribution in [1.82, 2.24) is 5.48 Å². The predicted octanol–water partition coefficient (Wildman–Crippen LogP) is 1.89. The van der Waals surface area contributed by atoms with E-state index in [4.69, 9.17) is 4.84 Å². The fourth-order valence-electron chi connectivity index (χ4n) is 0.753. The maximum atomic E-state index is 10.9. The molecule has 0 fully saturated rings. The lowest BCUT2D eigenvalue weighted by molar-refractivity contribution is 0.109. The van der Waals surface area contributed by atoms with Gasteiger partial charge in [-0.2, -0.15) is 5.48 Å². The zero-order chi connectivity index (χ0) is 10.2. The molecule has 0 aliphatic carbocycles. The maximum Gasteiger partial charge on any atom is 0.440 e. The minimum Gasteiger partial charge on any atom is -0.443 e. The number of benzene rings is 1. The van der Waals surface area contributed by atoms with E-state index in [2.05, 4.69) is 16.8 Å². The third-order valence-electron chi connectivity index (χ3n) is 1.33. The number of hydrogen-bond donors (Lipinski definition) is 1. The van der Waals surface area contributed by atoms with Gasteiger partial charge in [0.1, 0.15) is 6.61 Å². The van der Waals surface area contributed by atoms with E-state index in [1.165, 1.54) is 6.08 Å². The number of para-hydroxylation sites is 1. The molecule has 1 aromatic rings. The van der Waals surface area contributed by atoms with Crippen LogP contribution < -0.4 is 10.3 Å². The average molecular weight is 193 g/mol. The molecule has 4 heteroatoms. The topological polar surface area (TPSA) is 47.6 Å². The van der Waals surface area contributed by atoms with E-state index >= 15 is 0 Å². The second kappa shape index (κ2) is 5.64. The molecule has 0 spiro atoms. The number of ether oxygens (including phenoxy) is 1. The lowest BCUT2D eigenvalue weighted by Crippen LogP contribution is -2.27. The minimum absolute atomic E-state index is 0.157. The summed E-state index contributed by atoms with van der Waals surface area (Å²) in [6.07, 6.45) is 0.830. The number of carbonyl (C=O) groups excluding carboxylic acids is 1. The standard InChI is InChI=1S/C10H11NO3/c1-2-8-13-10(12)11-14-9-6-4-3-5-7-9/h2-7H,1,8H2,(H,11,12). The summed E-state index contributed by atoms with van der Waals surface area (Å²) in [7, 11) is 0. The van der Waals surface area contributed by atoms with Crippen LogP contribution in [0.15, 0.2) is 43.0 Å². The van der Waals surface area contributed by atoms with Crippen molar-refractivity contribution in [1.29, 1.82) is 0 Å². The molecule has 0 bridgehead atoms. The molecule has 1 aromatic carbocycles. The SMILES string of the molecule is C=CCOC(=O)NOc1ccccc1. The van der Waals surface area contributed by atoms with E-state index in [0.29, 0.717) is 5.75 Å². The smallest absolute Gasteiger partial charge is 0.440 e. The highest BCUT2D eigenvalue weighted by molar-refractivity contribution is 5.66. The van der Waals surface area contributed by atoms with Gasteiger partial charge in [0, 0.05) is 0 Å². The molecule has 0 aliphatic heterocycles. The van der Waals surface area contributed by atoms with E-state index in [1.807, 2.05) is 6.07 Å². The number of hydroxylamine groups is 1. The minimum atomic E-state index is -0.645. The van der Waals surface area contributed by atoms with Crippen molar-refractivity contribution in [2.24, 2.45) is 0 Å². The fourth-order valence-corrected chi connectivity index (χ4v) is 0.753. The van der Waals surface area contributed by atoms with Crippen LogP contribution in [0.2, 0.25) is 0 Å². The number of amides is 1. The maximum absolute atomic E-state index is 10.9. The Bertz CT molecular complexity index is 297. The first-order chi connectivity index (χ1) is 6.83. The van der Waals surface area contributed by atoms with Crippen molar-refractivity contribution in [3.63, 3.8) is 0 Å². The third-order valence-corrected chi connectivity index (χ3v) is 1.33. The van der Waals surface area contributed by atoms with Crippen LogP contribution in [0.5, 0.6) is 5.75 Å². The van der Waals surface area contributed by atoms with Crippen LogP contribution in [0, 0.1) is 0 Å². The molecular formula is C10H11NO3. The number of nitrogens with one attached hydrogen (secondary N) is 1. The van der Waals surface area contributed by atoms with Gasteiger partial charge in [-0.05, 0) is 12.1 Å². The van der Waals surface area contributed by atoms with Crippen LogP contribution in [-0.2, 0) is 4.74 Å². The molecule has 0 radical (unpaired) electrons. The molecule has 74 valence electrons. The van der Waals surface area contributed by atoms with Gasteiger partial charge in [0.2, 0.25) is 0 Å². The molecule has 0 atom stereocenters. The first-order valence-corrected chi connectivity index (χ1v) is 4.08. The third kappa shape index (κ3) is 3.62. The summed E-state index contributed by atoms with van der Waals surface area (Å²) in [4.78, 5) is 15.8. The Hall–Kier alpha value is -1.97. The summed E-state index contributed by atoms with van der Waals surface area (Å²) in [6.45, 7) is 3.56. The van der Waals surface area contributed by atoms with Crippen LogP contribution in [0.25, 0.3) is 0 Å². The summed E-state index contributed by atoms with van der Waals surface area (Å²) < 4.78 is 4.62. The summed E-state index contributed by atoms with van der Waals surface area (Å²) >= 11 is 0. The highest BCUT2D eigenvalue weighted by Gasteiger charge is 1.99. The zero-order valence-electron chi connectivity index (χ0n) is 7.60. The quantitative estimate of drug-likeness (QED) is 0.586. The molecule has 4 nitrogen and oxygen atoms in total. The first-order valence-electron chi connectivity index (χ1n) is 4.08. The molecule has 0 aliphatic rings. The van der Waals surface area contributed by atoms with Crippen LogP contribution in [0.3, 0.4) is 0 Å². The molecule has 14 heavy (non-hydrogen) atoms. The molecule has 0 aromatic heterocycles. The molecular weight excluding hydrogens is 182 g/mol. The van der Waals surface area contributed by atoms with E-state index in [9.17, 15) is 4.79 Å². The Morgan fingerprint density at radius 2 is 2.14 bits per heavy atom. The van der Waals surface area contributed by atoms with E-state index in [-0.39, 0.29) is 6.61 Å². The van der Waals surface area contributed by atoms with E-state index in [1.54, 1.807) is 24.3 Å². The van der Waals surface area contributed by atoms with Gasteiger partial charge in [-0.1, -0.05) is 30.9 Å². The highest BCUT2D eigenvalue weighted by atomic mass is 16.7. The van der Waals surface area contributed by atoms with Crippen LogP contribution in [0.4, 0.5) is 4.79 Å². The van der Waals surface area contributed by atoms with Gasteiger partial charge in [0.15, 0.2) is 5.75 Å². The van der Waals surface area contributed by atoms with Crippen molar-refractivity contribution in [2.45, 2.75) is 0 Å².